The van der Waals surface area contributed by atoms with Crippen LogP contribution in [0.5, 0.6) is 0 Å². The summed E-state index contributed by atoms with van der Waals surface area (Å²) < 4.78 is 7.48. The fourth-order valence-corrected chi connectivity index (χ4v) is 3.63. The third kappa shape index (κ3) is 3.85. The van der Waals surface area contributed by atoms with E-state index < -0.39 is 0 Å². The molecule has 1 fully saturated rings. The normalized spacial score (nSPS) is 16.3. The van der Waals surface area contributed by atoms with Crippen LogP contribution in [-0.4, -0.2) is 46.9 Å². The average molecular weight is 375 g/mol. The Hall–Kier alpha value is -2.92. The Labute approximate surface area is 165 Å². The third-order valence-electron chi connectivity index (χ3n) is 5.11. The number of hydrogen-bond donors (Lipinski definition) is 0. The van der Waals surface area contributed by atoms with Crippen LogP contribution >= 0.6 is 0 Å². The van der Waals surface area contributed by atoms with Gasteiger partial charge in [0.15, 0.2) is 0 Å². The summed E-state index contributed by atoms with van der Waals surface area (Å²) in [5, 5.41) is 4.77. The summed E-state index contributed by atoms with van der Waals surface area (Å²) in [6, 6.07) is 18.0. The standard InChI is InChI=1S/C23H25N3O2/c1-17-8-6-9-18(14-17)22-21(16-26(24-22)19-10-4-3-5-11-19)23(27)25(2)15-20-12-7-13-28-20/h3-6,8-11,14,16,20H,7,12-13,15H2,1-2H3. The molecule has 2 aromatic carbocycles. The molecule has 1 saturated heterocycles. The molecule has 1 unspecified atom stereocenters. The molecule has 0 bridgehead atoms. The Bertz CT molecular complexity index is 959. The molecule has 0 saturated carbocycles. The Balaban J connectivity index is 1.71. The van der Waals surface area contributed by atoms with Crippen molar-refractivity contribution in [1.82, 2.24) is 14.7 Å². The molecule has 5 nitrogen and oxygen atoms in total. The second-order valence-electron chi connectivity index (χ2n) is 7.36. The highest BCUT2D eigenvalue weighted by molar-refractivity contribution is 5.99. The Kier molecular flexibility index (Phi) is 5.26. The number of rotatable bonds is 5. The second kappa shape index (κ2) is 7.98. The molecule has 1 aromatic heterocycles. The van der Waals surface area contributed by atoms with Gasteiger partial charge in [0.1, 0.15) is 5.69 Å². The van der Waals surface area contributed by atoms with Crippen LogP contribution in [0.4, 0.5) is 0 Å². The summed E-state index contributed by atoms with van der Waals surface area (Å²) in [6.45, 7) is 3.43. The van der Waals surface area contributed by atoms with Gasteiger partial charge in [-0.05, 0) is 38.0 Å². The number of ether oxygens (including phenoxy) is 1. The molecule has 144 valence electrons. The summed E-state index contributed by atoms with van der Waals surface area (Å²) in [4.78, 5) is 15.0. The number of nitrogens with zero attached hydrogens (tertiary/aromatic N) is 3. The third-order valence-corrected chi connectivity index (χ3v) is 5.11. The second-order valence-corrected chi connectivity index (χ2v) is 7.36. The predicted molar refractivity (Wildman–Crippen MR) is 110 cm³/mol. The van der Waals surface area contributed by atoms with Crippen LogP contribution in [-0.2, 0) is 4.74 Å². The SMILES string of the molecule is Cc1cccc(-c2nn(-c3ccccc3)cc2C(=O)N(C)CC2CCCO2)c1. The minimum absolute atomic E-state index is 0.0332. The van der Waals surface area contributed by atoms with Crippen molar-refractivity contribution in [2.24, 2.45) is 0 Å². The largest absolute Gasteiger partial charge is 0.376 e. The molecule has 2 heterocycles. The van der Waals surface area contributed by atoms with E-state index in [0.29, 0.717) is 17.8 Å². The van der Waals surface area contributed by atoms with Gasteiger partial charge in [0.2, 0.25) is 0 Å². The van der Waals surface area contributed by atoms with Gasteiger partial charge in [-0.3, -0.25) is 4.79 Å². The van der Waals surface area contributed by atoms with Gasteiger partial charge in [0.25, 0.3) is 5.91 Å². The van der Waals surface area contributed by atoms with Crippen molar-refractivity contribution in [3.8, 4) is 16.9 Å². The summed E-state index contributed by atoms with van der Waals surface area (Å²) in [5.74, 6) is -0.0332. The first-order chi connectivity index (χ1) is 13.6. The first-order valence-corrected chi connectivity index (χ1v) is 9.71. The molecule has 0 radical (unpaired) electrons. The number of aryl methyl sites for hydroxylation is 1. The number of carbonyl (C=O) groups excluding carboxylic acids is 1. The van der Waals surface area contributed by atoms with Crippen LogP contribution in [0.2, 0.25) is 0 Å². The van der Waals surface area contributed by atoms with E-state index in [1.165, 1.54) is 0 Å². The summed E-state index contributed by atoms with van der Waals surface area (Å²) in [7, 11) is 1.84. The Morgan fingerprint density at radius 2 is 2.04 bits per heavy atom. The topological polar surface area (TPSA) is 47.4 Å². The quantitative estimate of drug-likeness (QED) is 0.675. The number of para-hydroxylation sites is 1. The van der Waals surface area contributed by atoms with Crippen molar-refractivity contribution in [3.63, 3.8) is 0 Å². The monoisotopic (exact) mass is 375 g/mol. The molecule has 0 N–H and O–H groups in total. The maximum absolute atomic E-state index is 13.3. The zero-order valence-corrected chi connectivity index (χ0v) is 16.3. The molecule has 1 aliphatic heterocycles. The summed E-state index contributed by atoms with van der Waals surface area (Å²) in [5.41, 5.74) is 4.32. The number of hydrogen-bond acceptors (Lipinski definition) is 3. The van der Waals surface area contributed by atoms with Crippen LogP contribution in [0.3, 0.4) is 0 Å². The summed E-state index contributed by atoms with van der Waals surface area (Å²) in [6.07, 6.45) is 4.03. The lowest BCUT2D eigenvalue weighted by molar-refractivity contribution is 0.0587. The zero-order valence-electron chi connectivity index (χ0n) is 16.3. The van der Waals surface area contributed by atoms with E-state index in [-0.39, 0.29) is 12.0 Å². The van der Waals surface area contributed by atoms with E-state index in [9.17, 15) is 4.79 Å². The van der Waals surface area contributed by atoms with Crippen molar-refractivity contribution in [2.45, 2.75) is 25.9 Å². The van der Waals surface area contributed by atoms with Crippen LogP contribution < -0.4 is 0 Å². The lowest BCUT2D eigenvalue weighted by atomic mass is 10.0. The number of carbonyl (C=O) groups is 1. The van der Waals surface area contributed by atoms with Gasteiger partial charge in [-0.2, -0.15) is 5.10 Å². The predicted octanol–water partition coefficient (Wildman–Crippen LogP) is 4.10. The Morgan fingerprint density at radius 3 is 2.75 bits per heavy atom. The lowest BCUT2D eigenvalue weighted by Gasteiger charge is -2.20. The van der Waals surface area contributed by atoms with Crippen LogP contribution in [0.15, 0.2) is 60.8 Å². The molecule has 28 heavy (non-hydrogen) atoms. The number of benzene rings is 2. The van der Waals surface area contributed by atoms with Gasteiger partial charge in [0.05, 0.1) is 17.4 Å². The molecule has 1 amide bonds. The first-order valence-electron chi connectivity index (χ1n) is 9.71. The Morgan fingerprint density at radius 1 is 1.21 bits per heavy atom. The van der Waals surface area contributed by atoms with Gasteiger partial charge in [-0.1, -0.05) is 42.0 Å². The molecule has 1 aliphatic rings. The van der Waals surface area contributed by atoms with Crippen molar-refractivity contribution in [2.75, 3.05) is 20.2 Å². The molecule has 4 rings (SSSR count). The van der Waals surface area contributed by atoms with E-state index in [1.54, 1.807) is 9.58 Å². The van der Waals surface area contributed by atoms with E-state index >= 15 is 0 Å². The van der Waals surface area contributed by atoms with Gasteiger partial charge < -0.3 is 9.64 Å². The van der Waals surface area contributed by atoms with Crippen molar-refractivity contribution >= 4 is 5.91 Å². The number of amides is 1. The highest BCUT2D eigenvalue weighted by atomic mass is 16.5. The van der Waals surface area contributed by atoms with E-state index in [0.717, 1.165) is 36.3 Å². The van der Waals surface area contributed by atoms with Crippen LogP contribution in [0, 0.1) is 6.92 Å². The van der Waals surface area contributed by atoms with Crippen LogP contribution in [0.25, 0.3) is 16.9 Å². The highest BCUT2D eigenvalue weighted by Crippen LogP contribution is 2.26. The number of aromatic nitrogens is 2. The average Bonchev–Trinajstić information content (AvgIpc) is 3.38. The molecule has 0 aliphatic carbocycles. The van der Waals surface area contributed by atoms with Crippen LogP contribution in [0.1, 0.15) is 28.8 Å². The van der Waals surface area contributed by atoms with E-state index in [2.05, 4.69) is 6.07 Å². The van der Waals surface area contributed by atoms with Gasteiger partial charge >= 0.3 is 0 Å². The molecular formula is C23H25N3O2. The van der Waals surface area contributed by atoms with Gasteiger partial charge in [-0.15, -0.1) is 0 Å². The van der Waals surface area contributed by atoms with Crippen molar-refractivity contribution in [1.29, 1.82) is 0 Å². The first kappa shape index (κ1) is 18.4. The molecule has 5 heteroatoms. The maximum atomic E-state index is 13.3. The van der Waals surface area contributed by atoms with E-state index in [1.807, 2.05) is 68.7 Å². The van der Waals surface area contributed by atoms with Gasteiger partial charge in [-0.25, -0.2) is 4.68 Å². The molecule has 3 aromatic rings. The molecular weight excluding hydrogens is 350 g/mol. The summed E-state index contributed by atoms with van der Waals surface area (Å²) >= 11 is 0. The fraction of sp³-hybridized carbons (Fsp3) is 0.304. The highest BCUT2D eigenvalue weighted by Gasteiger charge is 2.25. The minimum Gasteiger partial charge on any atom is -0.376 e. The fourth-order valence-electron chi connectivity index (χ4n) is 3.63. The maximum Gasteiger partial charge on any atom is 0.257 e. The van der Waals surface area contributed by atoms with Crippen molar-refractivity contribution in [3.05, 3.63) is 71.9 Å². The van der Waals surface area contributed by atoms with Gasteiger partial charge in [0, 0.05) is 32.0 Å². The molecule has 0 spiro atoms. The number of likely N-dealkylation sites (N-methyl/N-ethyl adjacent to an activating group) is 1. The zero-order chi connectivity index (χ0) is 19.5. The smallest absolute Gasteiger partial charge is 0.257 e. The molecule has 1 atom stereocenters. The van der Waals surface area contributed by atoms with E-state index in [4.69, 9.17) is 9.84 Å². The minimum atomic E-state index is -0.0332. The lowest BCUT2D eigenvalue weighted by Crippen LogP contribution is -2.34. The van der Waals surface area contributed by atoms with Crippen molar-refractivity contribution < 1.29 is 9.53 Å².